The summed E-state index contributed by atoms with van der Waals surface area (Å²) < 4.78 is 11.1. The van der Waals surface area contributed by atoms with Crippen LogP contribution in [0.4, 0.5) is 0 Å². The fourth-order valence-electron chi connectivity index (χ4n) is 2.64. The number of nitrogens with two attached hydrogens (primary N) is 1. The second kappa shape index (κ2) is 9.67. The van der Waals surface area contributed by atoms with Crippen LogP contribution in [0.3, 0.4) is 0 Å². The Kier molecular flexibility index (Phi) is 8.21. The fourth-order valence-corrected chi connectivity index (χ4v) is 2.64. The maximum absolute atomic E-state index is 5.91. The van der Waals surface area contributed by atoms with E-state index in [0.717, 1.165) is 29.9 Å². The predicted octanol–water partition coefficient (Wildman–Crippen LogP) is 4.11. The smallest absolute Gasteiger partial charge is 0.122 e. The van der Waals surface area contributed by atoms with Crippen LogP contribution in [0.1, 0.15) is 57.1 Å². The minimum atomic E-state index is 0.114. The predicted molar refractivity (Wildman–Crippen MR) is 89.4 cm³/mol. The Balaban J connectivity index is 2.78. The normalized spacial score (nSPS) is 12.2. The Labute approximate surface area is 129 Å². The van der Waals surface area contributed by atoms with E-state index in [-0.39, 0.29) is 6.04 Å². The van der Waals surface area contributed by atoms with Crippen LogP contribution in [-0.4, -0.2) is 20.3 Å². The van der Waals surface area contributed by atoms with Crippen molar-refractivity contribution in [3.05, 3.63) is 23.3 Å². The Morgan fingerprint density at radius 2 is 1.52 bits per heavy atom. The first-order valence-corrected chi connectivity index (χ1v) is 8.11. The first-order valence-electron chi connectivity index (χ1n) is 8.11. The van der Waals surface area contributed by atoms with Gasteiger partial charge in [-0.3, -0.25) is 0 Å². The molecule has 0 radical (unpaired) electrons. The van der Waals surface area contributed by atoms with Crippen LogP contribution in [0.25, 0.3) is 0 Å². The summed E-state index contributed by atoms with van der Waals surface area (Å²) in [7, 11) is 3.45. The van der Waals surface area contributed by atoms with Gasteiger partial charge in [0.1, 0.15) is 11.5 Å². The molecule has 2 N–H and O–H groups in total. The van der Waals surface area contributed by atoms with Crippen LogP contribution >= 0.6 is 0 Å². The summed E-state index contributed by atoms with van der Waals surface area (Å²) >= 11 is 0. The third-order valence-electron chi connectivity index (χ3n) is 3.78. The molecule has 120 valence electrons. The maximum Gasteiger partial charge on any atom is 0.122 e. The zero-order valence-electron chi connectivity index (χ0n) is 14.1. The highest BCUT2D eigenvalue weighted by Crippen LogP contribution is 2.31. The molecule has 1 aromatic rings. The van der Waals surface area contributed by atoms with Gasteiger partial charge in [-0.25, -0.2) is 0 Å². The molecule has 0 bridgehead atoms. The van der Waals surface area contributed by atoms with E-state index in [9.17, 15) is 0 Å². The first kappa shape index (κ1) is 17.8. The van der Waals surface area contributed by atoms with E-state index in [0.29, 0.717) is 0 Å². The number of aryl methyl sites for hydroxylation is 1. The van der Waals surface area contributed by atoms with Crippen molar-refractivity contribution in [2.24, 2.45) is 5.73 Å². The lowest BCUT2D eigenvalue weighted by Crippen LogP contribution is -2.18. The number of ether oxygens (including phenoxy) is 2. The van der Waals surface area contributed by atoms with Gasteiger partial charge in [0.05, 0.1) is 14.2 Å². The molecule has 1 aromatic carbocycles. The summed E-state index contributed by atoms with van der Waals surface area (Å²) in [6.45, 7) is 4.25. The van der Waals surface area contributed by atoms with E-state index < -0.39 is 0 Å². The Bertz CT molecular complexity index is 416. The van der Waals surface area contributed by atoms with Gasteiger partial charge >= 0.3 is 0 Å². The lowest BCUT2D eigenvalue weighted by atomic mass is 9.99. The van der Waals surface area contributed by atoms with Crippen molar-refractivity contribution >= 4 is 0 Å². The zero-order chi connectivity index (χ0) is 15.7. The molecular formula is C18H31NO2. The summed E-state index contributed by atoms with van der Waals surface area (Å²) in [6.07, 6.45) is 8.25. The standard InChI is InChI=1S/C18H31NO2/c1-5-6-7-8-9-10-15-12-18(21-4)16(11-14(2)19)13-17(15)20-3/h12-14H,5-11,19H2,1-4H3. The zero-order valence-corrected chi connectivity index (χ0v) is 14.1. The van der Waals surface area contributed by atoms with Crippen LogP contribution < -0.4 is 15.2 Å². The molecule has 1 atom stereocenters. The molecule has 0 spiro atoms. The van der Waals surface area contributed by atoms with Gasteiger partial charge < -0.3 is 15.2 Å². The van der Waals surface area contributed by atoms with Gasteiger partial charge in [-0.05, 0) is 49.4 Å². The van der Waals surface area contributed by atoms with Crippen molar-refractivity contribution in [1.82, 2.24) is 0 Å². The van der Waals surface area contributed by atoms with Crippen molar-refractivity contribution < 1.29 is 9.47 Å². The minimum Gasteiger partial charge on any atom is -0.496 e. The first-order chi connectivity index (χ1) is 10.1. The van der Waals surface area contributed by atoms with Crippen molar-refractivity contribution in [1.29, 1.82) is 0 Å². The second-order valence-electron chi connectivity index (χ2n) is 5.82. The molecule has 1 rings (SSSR count). The lowest BCUT2D eigenvalue weighted by Gasteiger charge is -2.16. The fraction of sp³-hybridized carbons (Fsp3) is 0.667. The SMILES string of the molecule is CCCCCCCc1cc(OC)c(CC(C)N)cc1OC. The number of methoxy groups -OCH3 is 2. The monoisotopic (exact) mass is 293 g/mol. The molecule has 21 heavy (non-hydrogen) atoms. The molecule has 0 heterocycles. The van der Waals surface area contributed by atoms with Gasteiger partial charge in [0.2, 0.25) is 0 Å². The van der Waals surface area contributed by atoms with Crippen LogP contribution in [0.2, 0.25) is 0 Å². The molecule has 3 heteroatoms. The number of unbranched alkanes of at least 4 members (excludes halogenated alkanes) is 4. The van der Waals surface area contributed by atoms with E-state index in [2.05, 4.69) is 19.1 Å². The Morgan fingerprint density at radius 3 is 2.10 bits per heavy atom. The van der Waals surface area contributed by atoms with Gasteiger partial charge in [0, 0.05) is 6.04 Å². The van der Waals surface area contributed by atoms with Crippen LogP contribution in [0.5, 0.6) is 11.5 Å². The van der Waals surface area contributed by atoms with Crippen LogP contribution in [-0.2, 0) is 12.8 Å². The molecule has 0 aliphatic heterocycles. The summed E-state index contributed by atoms with van der Waals surface area (Å²) in [5.74, 6) is 1.89. The van der Waals surface area contributed by atoms with Crippen LogP contribution in [0, 0.1) is 0 Å². The summed E-state index contributed by atoms with van der Waals surface area (Å²) in [5.41, 5.74) is 8.27. The van der Waals surface area contributed by atoms with Crippen molar-refractivity contribution in [2.75, 3.05) is 14.2 Å². The average Bonchev–Trinajstić information content (AvgIpc) is 2.47. The van der Waals surface area contributed by atoms with Crippen molar-refractivity contribution in [2.45, 2.75) is 64.8 Å². The number of hydrogen-bond acceptors (Lipinski definition) is 3. The summed E-state index contributed by atoms with van der Waals surface area (Å²) in [6, 6.07) is 4.32. The molecule has 3 nitrogen and oxygen atoms in total. The molecule has 1 unspecified atom stereocenters. The van der Waals surface area contributed by atoms with E-state index in [1.165, 1.54) is 37.7 Å². The van der Waals surface area contributed by atoms with Gasteiger partial charge in [-0.1, -0.05) is 32.6 Å². The van der Waals surface area contributed by atoms with Gasteiger partial charge in [0.15, 0.2) is 0 Å². The van der Waals surface area contributed by atoms with E-state index in [4.69, 9.17) is 15.2 Å². The molecule has 0 saturated heterocycles. The number of benzene rings is 1. The average molecular weight is 293 g/mol. The van der Waals surface area contributed by atoms with E-state index in [1.807, 2.05) is 6.92 Å². The molecule has 0 aliphatic carbocycles. The van der Waals surface area contributed by atoms with Gasteiger partial charge in [-0.15, -0.1) is 0 Å². The summed E-state index contributed by atoms with van der Waals surface area (Å²) in [5, 5.41) is 0. The molecule has 0 aliphatic rings. The topological polar surface area (TPSA) is 44.5 Å². The number of hydrogen-bond donors (Lipinski definition) is 1. The molecule has 0 saturated carbocycles. The maximum atomic E-state index is 5.91. The largest absolute Gasteiger partial charge is 0.496 e. The van der Waals surface area contributed by atoms with Crippen molar-refractivity contribution in [3.8, 4) is 11.5 Å². The van der Waals surface area contributed by atoms with Crippen molar-refractivity contribution in [3.63, 3.8) is 0 Å². The van der Waals surface area contributed by atoms with Gasteiger partial charge in [0.25, 0.3) is 0 Å². The number of rotatable bonds is 10. The highest BCUT2D eigenvalue weighted by molar-refractivity contribution is 5.47. The second-order valence-corrected chi connectivity index (χ2v) is 5.82. The third-order valence-corrected chi connectivity index (χ3v) is 3.78. The Morgan fingerprint density at radius 1 is 0.952 bits per heavy atom. The third kappa shape index (κ3) is 5.96. The molecule has 0 aromatic heterocycles. The summed E-state index contributed by atoms with van der Waals surface area (Å²) in [4.78, 5) is 0. The molecular weight excluding hydrogens is 262 g/mol. The molecule has 0 fully saturated rings. The van der Waals surface area contributed by atoms with Gasteiger partial charge in [-0.2, -0.15) is 0 Å². The Hall–Kier alpha value is -1.22. The highest BCUT2D eigenvalue weighted by atomic mass is 16.5. The van der Waals surface area contributed by atoms with E-state index in [1.54, 1.807) is 14.2 Å². The quantitative estimate of drug-likeness (QED) is 0.660. The highest BCUT2D eigenvalue weighted by Gasteiger charge is 2.12. The van der Waals surface area contributed by atoms with Crippen LogP contribution in [0.15, 0.2) is 12.1 Å². The minimum absolute atomic E-state index is 0.114. The van der Waals surface area contributed by atoms with E-state index >= 15 is 0 Å². The lowest BCUT2D eigenvalue weighted by molar-refractivity contribution is 0.393. The molecule has 0 amide bonds.